The van der Waals surface area contributed by atoms with Crippen molar-refractivity contribution in [3.05, 3.63) is 48.2 Å². The highest BCUT2D eigenvalue weighted by molar-refractivity contribution is 5.86. The van der Waals surface area contributed by atoms with Crippen LogP contribution in [0.3, 0.4) is 0 Å². The summed E-state index contributed by atoms with van der Waals surface area (Å²) in [6.07, 6.45) is -0.531. The molecule has 2 aromatic carbocycles. The summed E-state index contributed by atoms with van der Waals surface area (Å²) in [5.41, 5.74) is 9.87. The maximum atomic E-state index is 12.2. The van der Waals surface area contributed by atoms with E-state index in [9.17, 15) is 4.79 Å². The second kappa shape index (κ2) is 11.6. The number of nitrogens with two attached hydrogens (primary N) is 1. The van der Waals surface area contributed by atoms with Gasteiger partial charge in [-0.25, -0.2) is 9.78 Å². The molecule has 0 spiro atoms. The van der Waals surface area contributed by atoms with Crippen LogP contribution in [0.15, 0.2) is 42.5 Å². The largest absolute Gasteiger partial charge is 0.494 e. The lowest BCUT2D eigenvalue weighted by Crippen LogP contribution is -2.44. The first-order chi connectivity index (χ1) is 18.5. The van der Waals surface area contributed by atoms with Gasteiger partial charge in [0.15, 0.2) is 5.82 Å². The van der Waals surface area contributed by atoms with Crippen LogP contribution in [0, 0.1) is 6.92 Å². The number of methoxy groups -OCH3 is 1. The normalized spacial score (nSPS) is 14.1. The summed E-state index contributed by atoms with van der Waals surface area (Å²) in [6.45, 7) is 11.2. The van der Waals surface area contributed by atoms with E-state index >= 15 is 0 Å². The van der Waals surface area contributed by atoms with Crippen molar-refractivity contribution in [2.45, 2.75) is 33.3 Å². The summed E-state index contributed by atoms with van der Waals surface area (Å²) < 4.78 is 11.0. The number of ether oxygens (including phenoxy) is 2. The van der Waals surface area contributed by atoms with Crippen LogP contribution in [0.5, 0.6) is 5.75 Å². The molecule has 0 unspecified atom stereocenters. The number of benzene rings is 2. The molecule has 0 aliphatic carbocycles. The summed E-state index contributed by atoms with van der Waals surface area (Å²) in [7, 11) is 3.79. The van der Waals surface area contributed by atoms with Crippen molar-refractivity contribution in [2.24, 2.45) is 0 Å². The molecule has 5 N–H and O–H groups in total. The Morgan fingerprint density at radius 2 is 1.72 bits per heavy atom. The van der Waals surface area contributed by atoms with Crippen LogP contribution in [0.4, 0.5) is 45.0 Å². The summed E-state index contributed by atoms with van der Waals surface area (Å²) in [6, 6.07) is 13.3. The lowest BCUT2D eigenvalue weighted by Gasteiger charge is -2.34. The molecule has 0 bridgehead atoms. The van der Waals surface area contributed by atoms with E-state index in [0.717, 1.165) is 37.6 Å². The minimum Gasteiger partial charge on any atom is -0.494 e. The van der Waals surface area contributed by atoms with Crippen LogP contribution in [-0.4, -0.2) is 66.9 Å². The van der Waals surface area contributed by atoms with Gasteiger partial charge in [-0.3, -0.25) is 5.32 Å². The minimum absolute atomic E-state index is 0.373. The fourth-order valence-corrected chi connectivity index (χ4v) is 4.13. The number of hydrogen-bond acceptors (Lipinski definition) is 10. The number of aromatic nitrogens is 2. The molecule has 1 amide bonds. The molecule has 1 aliphatic rings. The van der Waals surface area contributed by atoms with Crippen LogP contribution < -0.4 is 31.3 Å². The van der Waals surface area contributed by atoms with Crippen LogP contribution in [-0.2, 0) is 4.74 Å². The number of hydrogen-bond donors (Lipinski definition) is 4. The second-order valence-corrected chi connectivity index (χ2v) is 10.5. The van der Waals surface area contributed by atoms with Gasteiger partial charge in [0, 0.05) is 49.3 Å². The number of nitrogens with zero attached hydrogens (tertiary/aromatic N) is 4. The number of aryl methyl sites for hydroxylation is 1. The molecule has 11 heteroatoms. The molecule has 1 fully saturated rings. The SMILES string of the molecule is COc1cc(N2CCN(C)CC2)ccc1Nc1nc(C)c(N)c(Nc2cccc(NC(=O)OC(C)(C)C)c2)n1. The standard InChI is InChI=1S/C28H38N8O3/c1-18-24(29)25(31-19-8-7-9-20(16-19)32-27(37)39-28(2,3)4)34-26(30-18)33-22-11-10-21(17-23(22)38-6)36-14-12-35(5)13-15-36/h7-11,16-17H,12-15,29H2,1-6H3,(H,32,37)(H2,30,31,33,34). The van der Waals surface area contributed by atoms with E-state index in [4.69, 9.17) is 15.2 Å². The molecule has 3 aromatic rings. The fourth-order valence-electron chi connectivity index (χ4n) is 4.13. The number of rotatable bonds is 7. The number of carbonyl (C=O) groups excluding carboxylic acids is 1. The Balaban J connectivity index is 1.51. The van der Waals surface area contributed by atoms with E-state index in [2.05, 4.69) is 48.8 Å². The van der Waals surface area contributed by atoms with Crippen molar-refractivity contribution in [2.75, 3.05) is 66.9 Å². The zero-order valence-corrected chi connectivity index (χ0v) is 23.5. The Morgan fingerprint density at radius 1 is 1.00 bits per heavy atom. The molecule has 1 aliphatic heterocycles. The summed E-state index contributed by atoms with van der Waals surface area (Å²) in [5, 5.41) is 9.25. The summed E-state index contributed by atoms with van der Waals surface area (Å²) in [4.78, 5) is 26.0. The van der Waals surface area contributed by atoms with Crippen LogP contribution in [0.1, 0.15) is 26.5 Å². The third-order valence-electron chi connectivity index (χ3n) is 6.21. The van der Waals surface area contributed by atoms with Gasteiger partial charge >= 0.3 is 6.09 Å². The first-order valence-electron chi connectivity index (χ1n) is 12.9. The van der Waals surface area contributed by atoms with Crippen molar-refractivity contribution in [1.29, 1.82) is 0 Å². The first kappa shape index (κ1) is 27.8. The quantitative estimate of drug-likeness (QED) is 0.330. The summed E-state index contributed by atoms with van der Waals surface area (Å²) in [5.74, 6) is 1.50. The molecule has 1 aromatic heterocycles. The average Bonchev–Trinajstić information content (AvgIpc) is 2.87. The smallest absolute Gasteiger partial charge is 0.412 e. The van der Waals surface area contributed by atoms with Gasteiger partial charge in [0.2, 0.25) is 5.95 Å². The van der Waals surface area contributed by atoms with Crippen LogP contribution in [0.25, 0.3) is 0 Å². The topological polar surface area (TPSA) is 130 Å². The van der Waals surface area contributed by atoms with Gasteiger partial charge < -0.3 is 35.6 Å². The molecule has 2 heterocycles. The van der Waals surface area contributed by atoms with Gasteiger partial charge in [0.1, 0.15) is 11.4 Å². The van der Waals surface area contributed by atoms with Gasteiger partial charge in [0.25, 0.3) is 0 Å². The minimum atomic E-state index is -0.593. The van der Waals surface area contributed by atoms with Crippen molar-refractivity contribution in [3.63, 3.8) is 0 Å². The third kappa shape index (κ3) is 7.41. The highest BCUT2D eigenvalue weighted by Crippen LogP contribution is 2.33. The first-order valence-corrected chi connectivity index (χ1v) is 12.9. The van der Waals surface area contributed by atoms with Gasteiger partial charge in [0.05, 0.1) is 24.2 Å². The Kier molecular flexibility index (Phi) is 8.29. The lowest BCUT2D eigenvalue weighted by molar-refractivity contribution is 0.0636. The van der Waals surface area contributed by atoms with E-state index in [1.807, 2.05) is 52.0 Å². The summed E-state index contributed by atoms with van der Waals surface area (Å²) >= 11 is 0. The van der Waals surface area contributed by atoms with Gasteiger partial charge in [-0.2, -0.15) is 4.98 Å². The third-order valence-corrected chi connectivity index (χ3v) is 6.21. The van der Waals surface area contributed by atoms with Crippen molar-refractivity contribution in [1.82, 2.24) is 14.9 Å². The highest BCUT2D eigenvalue weighted by atomic mass is 16.6. The molecular formula is C28H38N8O3. The van der Waals surface area contributed by atoms with E-state index in [-0.39, 0.29) is 0 Å². The van der Waals surface area contributed by atoms with Gasteiger partial charge in [-0.15, -0.1) is 0 Å². The highest BCUT2D eigenvalue weighted by Gasteiger charge is 2.18. The number of carbonyl (C=O) groups is 1. The molecular weight excluding hydrogens is 496 g/mol. The van der Waals surface area contributed by atoms with E-state index in [1.165, 1.54) is 0 Å². The van der Waals surface area contributed by atoms with Crippen molar-refractivity contribution < 1.29 is 14.3 Å². The van der Waals surface area contributed by atoms with Crippen molar-refractivity contribution in [3.8, 4) is 5.75 Å². The predicted octanol–water partition coefficient (Wildman–Crippen LogP) is 4.96. The maximum absolute atomic E-state index is 12.2. The number of likely N-dealkylation sites (N-methyl/N-ethyl adjacent to an activating group) is 1. The molecule has 0 saturated carbocycles. The Labute approximate surface area is 229 Å². The molecule has 208 valence electrons. The van der Waals surface area contributed by atoms with E-state index < -0.39 is 11.7 Å². The average molecular weight is 535 g/mol. The van der Waals surface area contributed by atoms with Crippen LogP contribution >= 0.6 is 0 Å². The maximum Gasteiger partial charge on any atom is 0.412 e. The Morgan fingerprint density at radius 3 is 2.41 bits per heavy atom. The fraction of sp³-hybridized carbons (Fsp3) is 0.393. The molecule has 0 atom stereocenters. The number of amides is 1. The Bertz CT molecular complexity index is 1320. The monoisotopic (exact) mass is 534 g/mol. The molecule has 0 radical (unpaired) electrons. The van der Waals surface area contributed by atoms with E-state index in [1.54, 1.807) is 19.2 Å². The lowest BCUT2D eigenvalue weighted by atomic mass is 10.2. The molecule has 39 heavy (non-hydrogen) atoms. The van der Waals surface area contributed by atoms with Crippen LogP contribution in [0.2, 0.25) is 0 Å². The van der Waals surface area contributed by atoms with Gasteiger partial charge in [-0.1, -0.05) is 6.07 Å². The van der Waals surface area contributed by atoms with Crippen molar-refractivity contribution >= 4 is 46.3 Å². The zero-order chi connectivity index (χ0) is 28.2. The molecule has 11 nitrogen and oxygen atoms in total. The van der Waals surface area contributed by atoms with E-state index in [0.29, 0.717) is 40.3 Å². The number of nitrogen functional groups attached to an aromatic ring is 1. The molecule has 4 rings (SSSR count). The number of nitrogens with one attached hydrogen (secondary N) is 3. The zero-order valence-electron chi connectivity index (χ0n) is 23.5. The van der Waals surface area contributed by atoms with Gasteiger partial charge in [-0.05, 0) is 65.1 Å². The number of piperazine rings is 1. The number of anilines is 7. The Hall–Kier alpha value is -4.25. The predicted molar refractivity (Wildman–Crippen MR) is 157 cm³/mol. The second-order valence-electron chi connectivity index (χ2n) is 10.5. The molecule has 1 saturated heterocycles.